The molecule has 0 saturated carbocycles. The molecule has 0 aliphatic carbocycles. The van der Waals surface area contributed by atoms with Gasteiger partial charge in [0.1, 0.15) is 10.4 Å². The summed E-state index contributed by atoms with van der Waals surface area (Å²) in [4.78, 5) is 18.4. The number of nitrogens with one attached hydrogen (secondary N) is 1. The Balaban J connectivity index is 1.57. The SMILES string of the molecule is CC(=O)Nc1nc(Br)c2ccccc2c1-c1ccc(N(CCO)CCOS(=O)(=O)c2ccc(C)cc2)cc1. The summed E-state index contributed by atoms with van der Waals surface area (Å²) in [5.74, 6) is 0.213. The van der Waals surface area contributed by atoms with Gasteiger partial charge < -0.3 is 15.3 Å². The van der Waals surface area contributed by atoms with Crippen molar-refractivity contribution in [3.8, 4) is 11.1 Å². The molecule has 0 aliphatic heterocycles. The van der Waals surface area contributed by atoms with Crippen molar-refractivity contribution in [3.05, 3.63) is 83.0 Å². The van der Waals surface area contributed by atoms with Crippen molar-refractivity contribution in [2.45, 2.75) is 18.7 Å². The minimum atomic E-state index is -3.89. The van der Waals surface area contributed by atoms with Crippen LogP contribution in [0.1, 0.15) is 12.5 Å². The highest BCUT2D eigenvalue weighted by Gasteiger charge is 2.18. The monoisotopic (exact) mass is 597 g/mol. The van der Waals surface area contributed by atoms with Gasteiger partial charge in [-0.05, 0) is 58.1 Å². The molecule has 3 aromatic carbocycles. The van der Waals surface area contributed by atoms with Crippen LogP contribution < -0.4 is 10.2 Å². The normalized spacial score (nSPS) is 11.5. The molecule has 0 saturated heterocycles. The molecule has 2 N–H and O–H groups in total. The second kappa shape index (κ2) is 12.0. The smallest absolute Gasteiger partial charge is 0.297 e. The van der Waals surface area contributed by atoms with Crippen LogP contribution in [0.25, 0.3) is 21.9 Å². The fraction of sp³-hybridized carbons (Fsp3) is 0.214. The molecule has 0 fully saturated rings. The Morgan fingerprint density at radius 3 is 2.29 bits per heavy atom. The number of anilines is 2. The molecule has 8 nitrogen and oxygen atoms in total. The molecule has 0 spiro atoms. The van der Waals surface area contributed by atoms with Crippen molar-refractivity contribution in [1.29, 1.82) is 0 Å². The molecule has 1 amide bonds. The van der Waals surface area contributed by atoms with Gasteiger partial charge >= 0.3 is 0 Å². The number of aryl methyl sites for hydroxylation is 1. The maximum atomic E-state index is 12.5. The highest BCUT2D eigenvalue weighted by atomic mass is 79.9. The Labute approximate surface area is 230 Å². The number of fused-ring (bicyclic) bond motifs is 1. The predicted octanol–water partition coefficient (Wildman–Crippen LogP) is 5.14. The third kappa shape index (κ3) is 6.39. The molecular weight excluding hydrogens is 570 g/mol. The Morgan fingerprint density at radius 1 is 1.00 bits per heavy atom. The number of aromatic nitrogens is 1. The number of aliphatic hydroxyl groups is 1. The zero-order valence-corrected chi connectivity index (χ0v) is 23.4. The lowest BCUT2D eigenvalue weighted by molar-refractivity contribution is -0.114. The molecule has 0 unspecified atom stereocenters. The number of carbonyl (C=O) groups is 1. The minimum absolute atomic E-state index is 0.0775. The first-order valence-electron chi connectivity index (χ1n) is 12.0. The van der Waals surface area contributed by atoms with E-state index >= 15 is 0 Å². The van der Waals surface area contributed by atoms with Crippen LogP contribution in [0.5, 0.6) is 0 Å². The summed E-state index contributed by atoms with van der Waals surface area (Å²) in [5.41, 5.74) is 3.37. The lowest BCUT2D eigenvalue weighted by atomic mass is 9.99. The van der Waals surface area contributed by atoms with Gasteiger partial charge in [0, 0.05) is 36.7 Å². The molecule has 0 atom stereocenters. The van der Waals surface area contributed by atoms with Gasteiger partial charge in [-0.15, -0.1) is 0 Å². The standard InChI is InChI=1S/C28H28BrN3O5S/c1-19-7-13-23(14-8-19)38(35,36)37-18-16-32(15-17-33)22-11-9-21(10-12-22)26-24-5-3-4-6-25(24)27(29)31-28(26)30-20(2)34/h3-14,33H,15-18H2,1-2H3,(H,30,31,34). The summed E-state index contributed by atoms with van der Waals surface area (Å²) in [6, 6.07) is 21.8. The first-order chi connectivity index (χ1) is 18.2. The molecule has 0 radical (unpaired) electrons. The number of nitrogens with zero attached hydrogens (tertiary/aromatic N) is 2. The summed E-state index contributed by atoms with van der Waals surface area (Å²) in [5, 5.41) is 14.3. The molecule has 1 aromatic heterocycles. The Kier molecular flexibility index (Phi) is 8.78. The molecule has 198 valence electrons. The number of amides is 1. The van der Waals surface area contributed by atoms with Gasteiger partial charge in [0.05, 0.1) is 18.1 Å². The Hall–Kier alpha value is -3.31. The first kappa shape index (κ1) is 27.7. The molecule has 4 rings (SSSR count). The average Bonchev–Trinajstić information content (AvgIpc) is 2.88. The van der Waals surface area contributed by atoms with Crippen molar-refractivity contribution in [2.24, 2.45) is 0 Å². The lowest BCUT2D eigenvalue weighted by Gasteiger charge is -2.24. The van der Waals surface area contributed by atoms with Gasteiger partial charge in [-0.3, -0.25) is 8.98 Å². The molecule has 10 heteroatoms. The van der Waals surface area contributed by atoms with E-state index in [4.69, 9.17) is 4.18 Å². The van der Waals surface area contributed by atoms with Crippen molar-refractivity contribution in [3.63, 3.8) is 0 Å². The van der Waals surface area contributed by atoms with Crippen LogP contribution in [0.4, 0.5) is 11.5 Å². The largest absolute Gasteiger partial charge is 0.395 e. The first-order valence-corrected chi connectivity index (χ1v) is 14.2. The maximum absolute atomic E-state index is 12.5. The average molecular weight is 599 g/mol. The lowest BCUT2D eigenvalue weighted by Crippen LogP contribution is -2.31. The van der Waals surface area contributed by atoms with E-state index < -0.39 is 10.1 Å². The van der Waals surface area contributed by atoms with E-state index in [1.54, 1.807) is 12.1 Å². The van der Waals surface area contributed by atoms with Crippen LogP contribution in [0.2, 0.25) is 0 Å². The highest BCUT2D eigenvalue weighted by Crippen LogP contribution is 2.38. The summed E-state index contributed by atoms with van der Waals surface area (Å²) in [6.45, 7) is 3.68. The van der Waals surface area contributed by atoms with Gasteiger partial charge in [-0.2, -0.15) is 8.42 Å². The highest BCUT2D eigenvalue weighted by molar-refractivity contribution is 9.10. The fourth-order valence-electron chi connectivity index (χ4n) is 4.13. The van der Waals surface area contributed by atoms with Crippen molar-refractivity contribution >= 4 is 54.2 Å². The van der Waals surface area contributed by atoms with Crippen molar-refractivity contribution in [2.75, 3.05) is 36.5 Å². The van der Waals surface area contributed by atoms with E-state index in [0.717, 1.165) is 33.2 Å². The Morgan fingerprint density at radius 2 is 1.66 bits per heavy atom. The third-order valence-corrected chi connectivity index (χ3v) is 7.89. The number of pyridine rings is 1. The molecule has 0 aliphatic rings. The third-order valence-electron chi connectivity index (χ3n) is 5.96. The van der Waals surface area contributed by atoms with Gasteiger partial charge in [0.25, 0.3) is 10.1 Å². The number of rotatable bonds is 10. The summed E-state index contributed by atoms with van der Waals surface area (Å²) in [7, 11) is -3.89. The summed E-state index contributed by atoms with van der Waals surface area (Å²) >= 11 is 3.50. The number of hydrogen-bond acceptors (Lipinski definition) is 7. The topological polar surface area (TPSA) is 109 Å². The minimum Gasteiger partial charge on any atom is -0.395 e. The van der Waals surface area contributed by atoms with E-state index in [9.17, 15) is 18.3 Å². The number of hydrogen-bond donors (Lipinski definition) is 2. The zero-order chi connectivity index (χ0) is 27.3. The zero-order valence-electron chi connectivity index (χ0n) is 21.0. The number of halogens is 1. The van der Waals surface area contributed by atoms with E-state index in [2.05, 4.69) is 26.2 Å². The van der Waals surface area contributed by atoms with Crippen molar-refractivity contribution < 1.29 is 22.5 Å². The second-order valence-corrected chi connectivity index (χ2v) is 11.1. The van der Waals surface area contributed by atoms with E-state index in [1.807, 2.05) is 60.4 Å². The van der Waals surface area contributed by atoms with Crippen molar-refractivity contribution in [1.82, 2.24) is 4.98 Å². The number of carbonyl (C=O) groups excluding carboxylic acids is 1. The molecule has 38 heavy (non-hydrogen) atoms. The fourth-order valence-corrected chi connectivity index (χ4v) is 5.55. The molecule has 4 aromatic rings. The molecule has 0 bridgehead atoms. The molecular formula is C28H28BrN3O5S. The van der Waals surface area contributed by atoms with Crippen LogP contribution in [-0.4, -0.2) is 50.7 Å². The van der Waals surface area contributed by atoms with Crippen LogP contribution >= 0.6 is 15.9 Å². The number of benzene rings is 3. The Bertz CT molecular complexity index is 1540. The van der Waals surface area contributed by atoms with Gasteiger partial charge in [0.2, 0.25) is 5.91 Å². The van der Waals surface area contributed by atoms with E-state index in [0.29, 0.717) is 17.0 Å². The van der Waals surface area contributed by atoms with E-state index in [-0.39, 0.29) is 30.6 Å². The van der Waals surface area contributed by atoms with Crippen LogP contribution in [-0.2, 0) is 19.1 Å². The van der Waals surface area contributed by atoms with E-state index in [1.165, 1.54) is 19.1 Å². The second-order valence-electron chi connectivity index (χ2n) is 8.70. The summed E-state index contributed by atoms with van der Waals surface area (Å²) < 4.78 is 30.9. The van der Waals surface area contributed by atoms with Gasteiger partial charge in [0.15, 0.2) is 0 Å². The van der Waals surface area contributed by atoms with Crippen LogP contribution in [0, 0.1) is 6.92 Å². The quantitative estimate of drug-likeness (QED) is 0.192. The molecule has 1 heterocycles. The summed E-state index contributed by atoms with van der Waals surface area (Å²) in [6.07, 6.45) is 0. The number of aliphatic hydroxyl groups excluding tert-OH is 1. The predicted molar refractivity (Wildman–Crippen MR) is 153 cm³/mol. The maximum Gasteiger partial charge on any atom is 0.297 e. The van der Waals surface area contributed by atoms with Gasteiger partial charge in [-0.25, -0.2) is 4.98 Å². The van der Waals surface area contributed by atoms with Gasteiger partial charge in [-0.1, -0.05) is 54.1 Å². The van der Waals surface area contributed by atoms with Crippen LogP contribution in [0.3, 0.4) is 0 Å². The van der Waals surface area contributed by atoms with Crippen LogP contribution in [0.15, 0.2) is 82.3 Å².